The quantitative estimate of drug-likeness (QED) is 0.650. The van der Waals surface area contributed by atoms with Crippen LogP contribution in [0.25, 0.3) is 0 Å². The molecule has 0 aromatic heterocycles. The summed E-state index contributed by atoms with van der Waals surface area (Å²) in [5.74, 6) is 2.98. The van der Waals surface area contributed by atoms with Crippen LogP contribution in [0.15, 0.2) is 18.2 Å². The molecule has 2 atom stereocenters. The lowest BCUT2D eigenvalue weighted by Crippen LogP contribution is -2.41. The van der Waals surface area contributed by atoms with E-state index in [4.69, 9.17) is 9.47 Å². The Morgan fingerprint density at radius 2 is 1.74 bits per heavy atom. The van der Waals surface area contributed by atoms with E-state index in [0.29, 0.717) is 24.6 Å². The average Bonchev–Trinajstić information content (AvgIpc) is 2.64. The van der Waals surface area contributed by atoms with Crippen LogP contribution in [0.4, 0.5) is 4.79 Å². The van der Waals surface area contributed by atoms with Gasteiger partial charge in [0, 0.05) is 26.2 Å². The van der Waals surface area contributed by atoms with Crippen LogP contribution in [-0.2, 0) is 6.42 Å². The second-order valence-electron chi connectivity index (χ2n) is 7.68. The molecule has 1 aliphatic rings. The second-order valence-corrected chi connectivity index (χ2v) is 7.68. The zero-order chi connectivity index (χ0) is 19.6. The van der Waals surface area contributed by atoms with Crippen LogP contribution in [0, 0.1) is 11.8 Å². The lowest BCUT2D eigenvalue weighted by atomic mass is 9.92. The summed E-state index contributed by atoms with van der Waals surface area (Å²) < 4.78 is 10.5. The highest BCUT2D eigenvalue weighted by molar-refractivity contribution is 5.73. The number of nitrogens with zero attached hydrogens (tertiary/aromatic N) is 1. The van der Waals surface area contributed by atoms with Gasteiger partial charge in [-0.3, -0.25) is 0 Å². The van der Waals surface area contributed by atoms with Gasteiger partial charge in [-0.05, 0) is 55.3 Å². The number of rotatable bonds is 9. The molecule has 2 rings (SSSR count). The van der Waals surface area contributed by atoms with Crippen LogP contribution < -0.4 is 20.1 Å². The minimum absolute atomic E-state index is 0.101. The third kappa shape index (κ3) is 7.29. The first-order valence-corrected chi connectivity index (χ1v) is 9.96. The molecule has 1 aromatic carbocycles. The van der Waals surface area contributed by atoms with Crippen LogP contribution in [0.1, 0.15) is 32.3 Å². The number of ether oxygens (including phenoxy) is 2. The van der Waals surface area contributed by atoms with Gasteiger partial charge in [0.1, 0.15) is 0 Å². The number of carbonyl (C=O) groups is 1. The van der Waals surface area contributed by atoms with Gasteiger partial charge in [-0.15, -0.1) is 0 Å². The molecule has 0 aliphatic carbocycles. The summed E-state index contributed by atoms with van der Waals surface area (Å²) in [7, 11) is 3.24. The lowest BCUT2D eigenvalue weighted by Gasteiger charge is -2.34. The van der Waals surface area contributed by atoms with E-state index in [9.17, 15) is 4.79 Å². The Morgan fingerprint density at radius 1 is 1.07 bits per heavy atom. The number of hydrogen-bond donors (Lipinski definition) is 2. The number of benzene rings is 1. The highest BCUT2D eigenvalue weighted by Crippen LogP contribution is 2.27. The molecule has 0 radical (unpaired) electrons. The van der Waals surface area contributed by atoms with E-state index >= 15 is 0 Å². The molecule has 1 saturated heterocycles. The molecule has 1 aliphatic heterocycles. The first-order valence-electron chi connectivity index (χ1n) is 9.96. The number of likely N-dealkylation sites (tertiary alicyclic amines) is 1. The average molecular weight is 378 g/mol. The van der Waals surface area contributed by atoms with E-state index in [1.807, 2.05) is 18.2 Å². The molecule has 1 heterocycles. The van der Waals surface area contributed by atoms with Gasteiger partial charge in [0.05, 0.1) is 14.2 Å². The normalized spacial score (nSPS) is 20.1. The molecule has 1 fully saturated rings. The smallest absolute Gasteiger partial charge is 0.314 e. The van der Waals surface area contributed by atoms with E-state index in [1.165, 1.54) is 19.5 Å². The Hall–Kier alpha value is -1.95. The van der Waals surface area contributed by atoms with Crippen molar-refractivity contribution in [3.05, 3.63) is 23.8 Å². The second kappa shape index (κ2) is 11.0. The lowest BCUT2D eigenvalue weighted by molar-refractivity contribution is 0.139. The maximum Gasteiger partial charge on any atom is 0.314 e. The van der Waals surface area contributed by atoms with Crippen molar-refractivity contribution in [2.24, 2.45) is 11.8 Å². The number of methoxy groups -OCH3 is 2. The number of nitrogens with one attached hydrogen (secondary N) is 2. The predicted octanol–water partition coefficient (Wildman–Crippen LogP) is 2.91. The van der Waals surface area contributed by atoms with Crippen molar-refractivity contribution in [2.45, 2.75) is 33.1 Å². The van der Waals surface area contributed by atoms with Crippen molar-refractivity contribution >= 4 is 6.03 Å². The summed E-state index contributed by atoms with van der Waals surface area (Å²) in [6.07, 6.45) is 3.07. The maximum absolute atomic E-state index is 11.9. The topological polar surface area (TPSA) is 62.8 Å². The number of carbonyl (C=O) groups excluding carboxylic acids is 1. The van der Waals surface area contributed by atoms with Gasteiger partial charge < -0.3 is 25.0 Å². The van der Waals surface area contributed by atoms with Gasteiger partial charge in [0.2, 0.25) is 0 Å². The van der Waals surface area contributed by atoms with Crippen molar-refractivity contribution in [3.63, 3.8) is 0 Å². The van der Waals surface area contributed by atoms with E-state index in [1.54, 1.807) is 14.2 Å². The molecule has 0 spiro atoms. The summed E-state index contributed by atoms with van der Waals surface area (Å²) in [5, 5.41) is 5.86. The molecule has 6 nitrogen and oxygen atoms in total. The van der Waals surface area contributed by atoms with Gasteiger partial charge >= 0.3 is 6.03 Å². The SMILES string of the molecule is COc1ccc(CCNC(=O)NCCCN2CC(C)CC(C)C2)cc1OC. The third-order valence-electron chi connectivity index (χ3n) is 5.03. The zero-order valence-corrected chi connectivity index (χ0v) is 17.2. The molecule has 2 unspecified atom stereocenters. The summed E-state index contributed by atoms with van der Waals surface area (Å²) in [6, 6.07) is 5.72. The van der Waals surface area contributed by atoms with Gasteiger partial charge in [-0.25, -0.2) is 4.79 Å². The highest BCUT2D eigenvalue weighted by atomic mass is 16.5. The monoisotopic (exact) mass is 377 g/mol. The molecule has 6 heteroatoms. The molecule has 0 saturated carbocycles. The summed E-state index contributed by atoms with van der Waals surface area (Å²) in [4.78, 5) is 14.5. The van der Waals surface area contributed by atoms with Crippen molar-refractivity contribution in [1.29, 1.82) is 0 Å². The van der Waals surface area contributed by atoms with Crippen molar-refractivity contribution in [2.75, 3.05) is 46.9 Å². The number of piperidine rings is 1. The fourth-order valence-corrected chi connectivity index (χ4v) is 3.90. The minimum atomic E-state index is -0.101. The molecular weight excluding hydrogens is 342 g/mol. The largest absolute Gasteiger partial charge is 0.493 e. The fraction of sp³-hybridized carbons (Fsp3) is 0.667. The van der Waals surface area contributed by atoms with Crippen LogP contribution in [0.3, 0.4) is 0 Å². The Bertz CT molecular complexity index is 584. The van der Waals surface area contributed by atoms with Gasteiger partial charge in [0.25, 0.3) is 0 Å². The van der Waals surface area contributed by atoms with E-state index in [2.05, 4.69) is 29.4 Å². The van der Waals surface area contributed by atoms with Crippen LogP contribution in [-0.4, -0.2) is 57.9 Å². The summed E-state index contributed by atoms with van der Waals surface area (Å²) >= 11 is 0. The Morgan fingerprint density at radius 3 is 2.41 bits per heavy atom. The zero-order valence-electron chi connectivity index (χ0n) is 17.2. The van der Waals surface area contributed by atoms with E-state index in [0.717, 1.165) is 36.8 Å². The van der Waals surface area contributed by atoms with E-state index < -0.39 is 0 Å². The third-order valence-corrected chi connectivity index (χ3v) is 5.03. The first kappa shape index (κ1) is 21.4. The van der Waals surface area contributed by atoms with E-state index in [-0.39, 0.29) is 6.03 Å². The summed E-state index contributed by atoms with van der Waals surface area (Å²) in [5.41, 5.74) is 1.10. The summed E-state index contributed by atoms with van der Waals surface area (Å²) in [6.45, 7) is 9.37. The Labute approximate surface area is 163 Å². The first-order chi connectivity index (χ1) is 13.0. The standard InChI is InChI=1S/C21H35N3O3/c1-16-12-17(2)15-24(14-16)11-5-9-22-21(25)23-10-8-18-6-7-19(26-3)20(13-18)27-4/h6-7,13,16-17H,5,8-12,14-15H2,1-4H3,(H2,22,23,25). The molecule has 152 valence electrons. The molecule has 27 heavy (non-hydrogen) atoms. The predicted molar refractivity (Wildman–Crippen MR) is 109 cm³/mol. The number of amides is 2. The molecule has 1 aromatic rings. The van der Waals surface area contributed by atoms with Gasteiger partial charge in [0.15, 0.2) is 11.5 Å². The maximum atomic E-state index is 11.9. The molecule has 2 N–H and O–H groups in total. The minimum Gasteiger partial charge on any atom is -0.493 e. The Balaban J connectivity index is 1.60. The molecule has 2 amide bonds. The highest BCUT2D eigenvalue weighted by Gasteiger charge is 2.20. The van der Waals surface area contributed by atoms with Crippen molar-refractivity contribution in [1.82, 2.24) is 15.5 Å². The van der Waals surface area contributed by atoms with Crippen molar-refractivity contribution in [3.8, 4) is 11.5 Å². The number of hydrogen-bond acceptors (Lipinski definition) is 4. The van der Waals surface area contributed by atoms with Crippen LogP contribution in [0.5, 0.6) is 11.5 Å². The van der Waals surface area contributed by atoms with Gasteiger partial charge in [-0.1, -0.05) is 19.9 Å². The van der Waals surface area contributed by atoms with Crippen molar-refractivity contribution < 1.29 is 14.3 Å². The molecular formula is C21H35N3O3. The van der Waals surface area contributed by atoms with Crippen LogP contribution >= 0.6 is 0 Å². The number of urea groups is 1. The molecule has 0 bridgehead atoms. The Kier molecular flexibility index (Phi) is 8.72. The van der Waals surface area contributed by atoms with Crippen LogP contribution in [0.2, 0.25) is 0 Å². The fourth-order valence-electron chi connectivity index (χ4n) is 3.90. The van der Waals surface area contributed by atoms with Gasteiger partial charge in [-0.2, -0.15) is 0 Å².